The quantitative estimate of drug-likeness (QED) is 0.177. The molecule has 0 aliphatic heterocycles. The van der Waals surface area contributed by atoms with E-state index in [1.807, 2.05) is 78.9 Å². The lowest BCUT2D eigenvalue weighted by Gasteiger charge is -2.21. The summed E-state index contributed by atoms with van der Waals surface area (Å²) in [6.07, 6.45) is -0.707. The summed E-state index contributed by atoms with van der Waals surface area (Å²) < 4.78 is 12.9. The zero-order valence-corrected chi connectivity index (χ0v) is 27.5. The molecule has 2 N–H and O–H groups in total. The molecule has 1 heterocycles. The fraction of sp³-hybridized carbons (Fsp3) is 0.256. The standard InChI is InChI=1S/C39H40N2O6/c1-38(2,3)29-16-18-30(19-17-29)46-31-20-21-33-28(23-31)24-34(41(33)37(45)47-39(4,5)6)35(42)40-32(36(43)44)22-25-12-14-27(15-13-25)26-10-8-7-9-11-26/h7-21,23-24,32H,22H2,1-6H3,(H,40,42)(H,43,44). The summed E-state index contributed by atoms with van der Waals surface area (Å²) in [5, 5.41) is 13.2. The summed E-state index contributed by atoms with van der Waals surface area (Å²) in [4.78, 5) is 39.4. The van der Waals surface area contributed by atoms with Crippen molar-refractivity contribution >= 4 is 28.9 Å². The van der Waals surface area contributed by atoms with E-state index in [9.17, 15) is 19.5 Å². The fourth-order valence-electron chi connectivity index (χ4n) is 5.22. The third-order valence-electron chi connectivity index (χ3n) is 7.64. The Kier molecular flexibility index (Phi) is 9.24. The van der Waals surface area contributed by atoms with Gasteiger partial charge in [-0.05, 0) is 84.8 Å². The van der Waals surface area contributed by atoms with E-state index in [1.54, 1.807) is 39.0 Å². The van der Waals surface area contributed by atoms with Gasteiger partial charge in [-0.25, -0.2) is 14.2 Å². The van der Waals surface area contributed by atoms with Crippen LogP contribution in [0.15, 0.2) is 103 Å². The molecular formula is C39H40N2O6. The average Bonchev–Trinajstić information content (AvgIpc) is 3.40. The maximum atomic E-state index is 13.7. The van der Waals surface area contributed by atoms with Gasteiger partial charge in [0.25, 0.3) is 5.91 Å². The van der Waals surface area contributed by atoms with Crippen LogP contribution in [0.5, 0.6) is 11.5 Å². The topological polar surface area (TPSA) is 107 Å². The molecule has 0 radical (unpaired) electrons. The van der Waals surface area contributed by atoms with Crippen LogP contribution in [0.2, 0.25) is 0 Å². The fourth-order valence-corrected chi connectivity index (χ4v) is 5.22. The second-order valence-corrected chi connectivity index (χ2v) is 13.6. The largest absolute Gasteiger partial charge is 0.480 e. The first-order valence-corrected chi connectivity index (χ1v) is 15.5. The van der Waals surface area contributed by atoms with Gasteiger partial charge in [-0.1, -0.05) is 87.5 Å². The molecule has 8 nitrogen and oxygen atoms in total. The number of amides is 1. The number of nitrogens with zero attached hydrogens (tertiary/aromatic N) is 1. The van der Waals surface area contributed by atoms with Gasteiger partial charge in [0.1, 0.15) is 28.8 Å². The smallest absolute Gasteiger partial charge is 0.419 e. The molecule has 242 valence electrons. The zero-order valence-electron chi connectivity index (χ0n) is 27.5. The Balaban J connectivity index is 1.42. The minimum atomic E-state index is -1.25. The number of aromatic nitrogens is 1. The predicted molar refractivity (Wildman–Crippen MR) is 183 cm³/mol. The number of rotatable bonds is 8. The van der Waals surface area contributed by atoms with Gasteiger partial charge < -0.3 is 19.9 Å². The molecule has 47 heavy (non-hydrogen) atoms. The number of hydrogen-bond donors (Lipinski definition) is 2. The van der Waals surface area contributed by atoms with Crippen molar-refractivity contribution < 1.29 is 29.0 Å². The van der Waals surface area contributed by atoms with Gasteiger partial charge in [-0.3, -0.25) is 4.79 Å². The molecule has 1 aromatic heterocycles. The van der Waals surface area contributed by atoms with Crippen LogP contribution in [-0.2, 0) is 21.4 Å². The van der Waals surface area contributed by atoms with Crippen LogP contribution < -0.4 is 10.1 Å². The Labute approximate surface area is 275 Å². The first-order valence-electron chi connectivity index (χ1n) is 15.5. The van der Waals surface area contributed by atoms with E-state index < -0.39 is 29.6 Å². The van der Waals surface area contributed by atoms with Crippen molar-refractivity contribution in [2.75, 3.05) is 0 Å². The molecule has 0 aliphatic carbocycles. The summed E-state index contributed by atoms with van der Waals surface area (Å²) >= 11 is 0. The number of nitrogens with one attached hydrogen (secondary N) is 1. The number of ether oxygens (including phenoxy) is 2. The highest BCUT2D eigenvalue weighted by Gasteiger charge is 2.28. The van der Waals surface area contributed by atoms with Crippen LogP contribution in [0.1, 0.15) is 63.2 Å². The lowest BCUT2D eigenvalue weighted by atomic mass is 9.87. The van der Waals surface area contributed by atoms with Gasteiger partial charge in [-0.2, -0.15) is 0 Å². The molecule has 5 rings (SSSR count). The number of aliphatic carboxylic acids is 1. The van der Waals surface area contributed by atoms with E-state index in [0.717, 1.165) is 16.7 Å². The molecular weight excluding hydrogens is 592 g/mol. The molecule has 0 saturated heterocycles. The van der Waals surface area contributed by atoms with Crippen molar-refractivity contribution in [1.29, 1.82) is 0 Å². The van der Waals surface area contributed by atoms with Crippen molar-refractivity contribution in [3.05, 3.63) is 120 Å². The number of carboxylic acid groups (broad SMARTS) is 1. The lowest BCUT2D eigenvalue weighted by molar-refractivity contribution is -0.139. The molecule has 0 saturated carbocycles. The maximum Gasteiger partial charge on any atom is 0.419 e. The Morgan fingerprint density at radius 3 is 1.98 bits per heavy atom. The Bertz CT molecular complexity index is 1890. The highest BCUT2D eigenvalue weighted by atomic mass is 16.6. The normalized spacial score (nSPS) is 12.4. The van der Waals surface area contributed by atoms with E-state index in [-0.39, 0.29) is 17.5 Å². The van der Waals surface area contributed by atoms with Gasteiger partial charge in [0, 0.05) is 11.8 Å². The number of carboxylic acids is 1. The molecule has 1 unspecified atom stereocenters. The van der Waals surface area contributed by atoms with Crippen LogP contribution in [0.3, 0.4) is 0 Å². The second-order valence-electron chi connectivity index (χ2n) is 13.6. The Morgan fingerprint density at radius 2 is 1.38 bits per heavy atom. The summed E-state index contributed by atoms with van der Waals surface area (Å²) in [5.74, 6) is -0.765. The molecule has 0 aliphatic rings. The summed E-state index contributed by atoms with van der Waals surface area (Å²) in [6.45, 7) is 11.6. The number of hydrogen-bond acceptors (Lipinski definition) is 5. The second kappa shape index (κ2) is 13.2. The number of fused-ring (bicyclic) bond motifs is 1. The summed E-state index contributed by atoms with van der Waals surface area (Å²) in [6, 6.07) is 30.6. The van der Waals surface area contributed by atoms with E-state index in [0.29, 0.717) is 22.4 Å². The summed E-state index contributed by atoms with van der Waals surface area (Å²) in [5.41, 5.74) is 3.50. The molecule has 5 aromatic rings. The Hall–Kier alpha value is -5.37. The lowest BCUT2D eigenvalue weighted by Crippen LogP contribution is -2.43. The molecule has 0 fully saturated rings. The molecule has 8 heteroatoms. The first-order chi connectivity index (χ1) is 22.2. The summed E-state index contributed by atoms with van der Waals surface area (Å²) in [7, 11) is 0. The Morgan fingerprint density at radius 1 is 0.766 bits per heavy atom. The number of carbonyl (C=O) groups excluding carboxylic acids is 2. The van der Waals surface area contributed by atoms with Crippen LogP contribution in [0, 0.1) is 0 Å². The predicted octanol–water partition coefficient (Wildman–Crippen LogP) is 8.61. The molecule has 1 atom stereocenters. The first kappa shape index (κ1) is 33.0. The third kappa shape index (κ3) is 8.08. The van der Waals surface area contributed by atoms with Crippen molar-refractivity contribution in [1.82, 2.24) is 9.88 Å². The van der Waals surface area contributed by atoms with Gasteiger partial charge in [0.05, 0.1) is 5.52 Å². The van der Waals surface area contributed by atoms with Crippen molar-refractivity contribution in [3.8, 4) is 22.6 Å². The SMILES string of the molecule is CC(C)(C)OC(=O)n1c(C(=O)NC(Cc2ccc(-c3ccccc3)cc2)C(=O)O)cc2cc(Oc3ccc(C(C)(C)C)cc3)ccc21. The van der Waals surface area contributed by atoms with E-state index in [1.165, 1.54) is 16.2 Å². The highest BCUT2D eigenvalue weighted by Crippen LogP contribution is 2.31. The zero-order chi connectivity index (χ0) is 33.9. The molecule has 1 amide bonds. The van der Waals surface area contributed by atoms with Crippen molar-refractivity contribution in [2.24, 2.45) is 0 Å². The molecule has 4 aromatic carbocycles. The van der Waals surface area contributed by atoms with Crippen LogP contribution >= 0.6 is 0 Å². The van der Waals surface area contributed by atoms with E-state index >= 15 is 0 Å². The minimum absolute atomic E-state index is 0.00559. The van der Waals surface area contributed by atoms with Gasteiger partial charge in [0.2, 0.25) is 0 Å². The van der Waals surface area contributed by atoms with E-state index in [4.69, 9.17) is 9.47 Å². The van der Waals surface area contributed by atoms with Crippen LogP contribution in [0.4, 0.5) is 4.79 Å². The maximum absolute atomic E-state index is 13.7. The highest BCUT2D eigenvalue weighted by molar-refractivity contribution is 6.05. The average molecular weight is 633 g/mol. The van der Waals surface area contributed by atoms with Gasteiger partial charge >= 0.3 is 12.1 Å². The number of carbonyl (C=O) groups is 3. The third-order valence-corrected chi connectivity index (χ3v) is 7.64. The number of benzene rings is 4. The van der Waals surface area contributed by atoms with Gasteiger partial charge in [0.15, 0.2) is 0 Å². The van der Waals surface area contributed by atoms with Crippen molar-refractivity contribution in [3.63, 3.8) is 0 Å². The van der Waals surface area contributed by atoms with Crippen LogP contribution in [-0.4, -0.2) is 39.3 Å². The molecule has 0 bridgehead atoms. The molecule has 0 spiro atoms. The van der Waals surface area contributed by atoms with Gasteiger partial charge in [-0.15, -0.1) is 0 Å². The van der Waals surface area contributed by atoms with E-state index in [2.05, 4.69) is 26.1 Å². The minimum Gasteiger partial charge on any atom is -0.480 e. The van der Waals surface area contributed by atoms with Crippen molar-refractivity contribution in [2.45, 2.75) is 65.0 Å². The monoisotopic (exact) mass is 632 g/mol. The van der Waals surface area contributed by atoms with Crippen LogP contribution in [0.25, 0.3) is 22.0 Å².